The summed E-state index contributed by atoms with van der Waals surface area (Å²) >= 11 is 0. The largest absolute Gasteiger partial charge is 0.345 e. The summed E-state index contributed by atoms with van der Waals surface area (Å²) in [5, 5.41) is 0. The standard InChI is InChI=1S/C16H28N2O/c1-18(10-11-5-3-2-4-6-11)16(19)14-12-7-8-13(9-12)15(14)17/h11-15H,2-10,17H2,1H3. The van der Waals surface area contributed by atoms with Crippen molar-refractivity contribution in [2.45, 2.75) is 57.4 Å². The zero-order valence-electron chi connectivity index (χ0n) is 12.2. The average Bonchev–Trinajstić information content (AvgIpc) is 3.00. The van der Waals surface area contributed by atoms with Crippen molar-refractivity contribution in [3.05, 3.63) is 0 Å². The van der Waals surface area contributed by atoms with Gasteiger partial charge < -0.3 is 10.6 Å². The topological polar surface area (TPSA) is 46.3 Å². The van der Waals surface area contributed by atoms with Crippen LogP contribution in [0.2, 0.25) is 0 Å². The van der Waals surface area contributed by atoms with Crippen molar-refractivity contribution in [3.63, 3.8) is 0 Å². The van der Waals surface area contributed by atoms with Gasteiger partial charge in [-0.3, -0.25) is 4.79 Å². The van der Waals surface area contributed by atoms with Crippen LogP contribution in [-0.4, -0.2) is 30.4 Å². The summed E-state index contributed by atoms with van der Waals surface area (Å²) in [6.07, 6.45) is 10.4. The molecule has 0 saturated heterocycles. The SMILES string of the molecule is CN(CC1CCCCC1)C(=O)C1C2CCC(C2)C1N. The van der Waals surface area contributed by atoms with Gasteiger partial charge in [-0.25, -0.2) is 0 Å². The molecule has 19 heavy (non-hydrogen) atoms. The van der Waals surface area contributed by atoms with Crippen LogP contribution in [0.5, 0.6) is 0 Å². The molecule has 3 saturated carbocycles. The lowest BCUT2D eigenvalue weighted by atomic mass is 9.83. The third kappa shape index (κ3) is 2.54. The van der Waals surface area contributed by atoms with Crippen molar-refractivity contribution < 1.29 is 4.79 Å². The maximum atomic E-state index is 12.7. The molecule has 108 valence electrons. The van der Waals surface area contributed by atoms with E-state index in [0.29, 0.717) is 17.7 Å². The molecular weight excluding hydrogens is 236 g/mol. The van der Waals surface area contributed by atoms with Gasteiger partial charge in [0.15, 0.2) is 0 Å². The highest BCUT2D eigenvalue weighted by molar-refractivity contribution is 5.80. The Kier molecular flexibility index (Phi) is 3.84. The van der Waals surface area contributed by atoms with E-state index in [1.165, 1.54) is 51.4 Å². The van der Waals surface area contributed by atoms with E-state index in [2.05, 4.69) is 0 Å². The smallest absolute Gasteiger partial charge is 0.227 e. The molecule has 0 aromatic heterocycles. The summed E-state index contributed by atoms with van der Waals surface area (Å²) in [6.45, 7) is 0.958. The molecule has 0 spiro atoms. The molecular formula is C16H28N2O. The number of carbonyl (C=O) groups is 1. The van der Waals surface area contributed by atoms with E-state index in [4.69, 9.17) is 5.73 Å². The van der Waals surface area contributed by atoms with Gasteiger partial charge in [-0.05, 0) is 49.9 Å². The van der Waals surface area contributed by atoms with Crippen LogP contribution in [-0.2, 0) is 4.79 Å². The Morgan fingerprint density at radius 2 is 1.79 bits per heavy atom. The molecule has 2 N–H and O–H groups in total. The molecule has 3 aliphatic rings. The number of rotatable bonds is 3. The Morgan fingerprint density at radius 3 is 2.42 bits per heavy atom. The van der Waals surface area contributed by atoms with Crippen LogP contribution >= 0.6 is 0 Å². The number of hydrogen-bond donors (Lipinski definition) is 1. The molecule has 0 aromatic carbocycles. The normalized spacial score (nSPS) is 38.6. The number of fused-ring (bicyclic) bond motifs is 2. The average molecular weight is 264 g/mol. The van der Waals surface area contributed by atoms with E-state index in [0.717, 1.165) is 12.5 Å². The van der Waals surface area contributed by atoms with Crippen LogP contribution in [0.3, 0.4) is 0 Å². The second-order valence-electron chi connectivity index (χ2n) is 7.16. The third-order valence-electron chi connectivity index (χ3n) is 5.90. The molecule has 3 fully saturated rings. The predicted octanol–water partition coefficient (Wildman–Crippen LogP) is 2.40. The van der Waals surface area contributed by atoms with Gasteiger partial charge in [0.05, 0.1) is 5.92 Å². The fourth-order valence-corrected chi connectivity index (χ4v) is 4.80. The fraction of sp³-hybridized carbons (Fsp3) is 0.938. The molecule has 3 aliphatic carbocycles. The molecule has 0 heterocycles. The van der Waals surface area contributed by atoms with Crippen LogP contribution in [0.15, 0.2) is 0 Å². The summed E-state index contributed by atoms with van der Waals surface area (Å²) < 4.78 is 0. The molecule has 3 rings (SSSR count). The van der Waals surface area contributed by atoms with Crippen molar-refractivity contribution in [2.75, 3.05) is 13.6 Å². The molecule has 3 nitrogen and oxygen atoms in total. The minimum Gasteiger partial charge on any atom is -0.345 e. The van der Waals surface area contributed by atoms with Gasteiger partial charge in [0.1, 0.15) is 0 Å². The molecule has 4 unspecified atom stereocenters. The summed E-state index contributed by atoms with van der Waals surface area (Å²) in [6, 6.07) is 0.139. The minimum atomic E-state index is 0.132. The quantitative estimate of drug-likeness (QED) is 0.851. The van der Waals surface area contributed by atoms with Gasteiger partial charge in [-0.1, -0.05) is 19.3 Å². The van der Waals surface area contributed by atoms with Crippen LogP contribution in [0.4, 0.5) is 0 Å². The number of nitrogens with zero attached hydrogens (tertiary/aromatic N) is 1. The predicted molar refractivity (Wildman–Crippen MR) is 76.5 cm³/mol. The first-order valence-electron chi connectivity index (χ1n) is 8.17. The molecule has 4 atom stereocenters. The first-order chi connectivity index (χ1) is 9.16. The second-order valence-corrected chi connectivity index (χ2v) is 7.16. The molecule has 0 aliphatic heterocycles. The van der Waals surface area contributed by atoms with Crippen molar-refractivity contribution >= 4 is 5.91 Å². The number of hydrogen-bond acceptors (Lipinski definition) is 2. The van der Waals surface area contributed by atoms with Crippen LogP contribution in [0, 0.1) is 23.7 Å². The van der Waals surface area contributed by atoms with Crippen LogP contribution in [0.25, 0.3) is 0 Å². The molecule has 1 amide bonds. The molecule has 0 aromatic rings. The van der Waals surface area contributed by atoms with E-state index in [9.17, 15) is 4.79 Å². The summed E-state index contributed by atoms with van der Waals surface area (Å²) in [5.41, 5.74) is 6.29. The zero-order valence-corrected chi connectivity index (χ0v) is 12.2. The number of carbonyl (C=O) groups excluding carboxylic acids is 1. The van der Waals surface area contributed by atoms with Gasteiger partial charge in [0.25, 0.3) is 0 Å². The lowest BCUT2D eigenvalue weighted by Crippen LogP contribution is -2.47. The summed E-state index contributed by atoms with van der Waals surface area (Å²) in [7, 11) is 2.00. The molecule has 2 bridgehead atoms. The van der Waals surface area contributed by atoms with Crippen molar-refractivity contribution in [1.29, 1.82) is 0 Å². The maximum absolute atomic E-state index is 12.7. The highest BCUT2D eigenvalue weighted by Gasteiger charge is 2.49. The van der Waals surface area contributed by atoms with Gasteiger partial charge in [-0.2, -0.15) is 0 Å². The summed E-state index contributed by atoms with van der Waals surface area (Å²) in [5.74, 6) is 2.42. The Morgan fingerprint density at radius 1 is 1.11 bits per heavy atom. The minimum absolute atomic E-state index is 0.132. The fourth-order valence-electron chi connectivity index (χ4n) is 4.80. The van der Waals surface area contributed by atoms with Gasteiger partial charge >= 0.3 is 0 Å². The maximum Gasteiger partial charge on any atom is 0.227 e. The number of amides is 1. The van der Waals surface area contributed by atoms with Crippen molar-refractivity contribution in [3.8, 4) is 0 Å². The Bertz CT molecular complexity index is 336. The number of nitrogens with two attached hydrogens (primary N) is 1. The van der Waals surface area contributed by atoms with E-state index in [1.54, 1.807) is 0 Å². The van der Waals surface area contributed by atoms with Gasteiger partial charge in [0.2, 0.25) is 5.91 Å². The second kappa shape index (κ2) is 5.43. The lowest BCUT2D eigenvalue weighted by molar-refractivity contribution is -0.137. The zero-order chi connectivity index (χ0) is 13.4. The Hall–Kier alpha value is -0.570. The van der Waals surface area contributed by atoms with Gasteiger partial charge in [0, 0.05) is 19.6 Å². The van der Waals surface area contributed by atoms with Gasteiger partial charge in [-0.15, -0.1) is 0 Å². The van der Waals surface area contributed by atoms with Crippen molar-refractivity contribution in [2.24, 2.45) is 29.4 Å². The van der Waals surface area contributed by atoms with E-state index < -0.39 is 0 Å². The van der Waals surface area contributed by atoms with E-state index in [-0.39, 0.29) is 12.0 Å². The lowest BCUT2D eigenvalue weighted by Gasteiger charge is -2.33. The first kappa shape index (κ1) is 13.4. The van der Waals surface area contributed by atoms with E-state index >= 15 is 0 Å². The monoisotopic (exact) mass is 264 g/mol. The molecule has 3 heteroatoms. The van der Waals surface area contributed by atoms with E-state index in [1.807, 2.05) is 11.9 Å². The highest BCUT2D eigenvalue weighted by Crippen LogP contribution is 2.48. The third-order valence-corrected chi connectivity index (χ3v) is 5.90. The van der Waals surface area contributed by atoms with Crippen LogP contribution in [0.1, 0.15) is 51.4 Å². The summed E-state index contributed by atoms with van der Waals surface area (Å²) in [4.78, 5) is 14.7. The Labute approximate surface area is 116 Å². The van der Waals surface area contributed by atoms with Crippen LogP contribution < -0.4 is 5.73 Å². The molecule has 0 radical (unpaired) electrons. The Balaban J connectivity index is 1.57. The highest BCUT2D eigenvalue weighted by atomic mass is 16.2. The van der Waals surface area contributed by atoms with Crippen molar-refractivity contribution in [1.82, 2.24) is 4.90 Å². The first-order valence-corrected chi connectivity index (χ1v) is 8.17.